The van der Waals surface area contributed by atoms with Crippen LogP contribution in [0.3, 0.4) is 0 Å². The lowest BCUT2D eigenvalue weighted by Crippen LogP contribution is -2.16. The molecule has 3 aromatic carbocycles. The molecule has 7 nitrogen and oxygen atoms in total. The number of esters is 1. The van der Waals surface area contributed by atoms with Crippen molar-refractivity contribution in [3.63, 3.8) is 0 Å². The molecule has 0 spiro atoms. The van der Waals surface area contributed by atoms with Crippen molar-refractivity contribution in [2.24, 2.45) is 0 Å². The summed E-state index contributed by atoms with van der Waals surface area (Å²) in [5, 5.41) is 3.54. The van der Waals surface area contributed by atoms with Crippen LogP contribution in [0, 0.1) is 0 Å². The number of benzene rings is 3. The highest BCUT2D eigenvalue weighted by atomic mass is 35.5. The van der Waals surface area contributed by atoms with Gasteiger partial charge >= 0.3 is 5.97 Å². The number of halogens is 1. The Morgan fingerprint density at radius 2 is 1.53 bits per heavy atom. The molecule has 156 valence electrons. The third-order valence-corrected chi connectivity index (χ3v) is 5.83. The fourth-order valence-electron chi connectivity index (χ4n) is 2.65. The first-order valence-electron chi connectivity index (χ1n) is 8.74. The summed E-state index contributed by atoms with van der Waals surface area (Å²) in [6.45, 7) is 0. The van der Waals surface area contributed by atoms with Crippen molar-refractivity contribution >= 4 is 44.7 Å². The molecule has 0 aliphatic heterocycles. The Kier molecular flexibility index (Phi) is 6.49. The average Bonchev–Trinajstić information content (AvgIpc) is 2.75. The zero-order chi connectivity index (χ0) is 21.7. The average molecular weight is 447 g/mol. The van der Waals surface area contributed by atoms with Crippen LogP contribution in [0.4, 0.5) is 17.1 Å². The molecule has 0 amide bonds. The summed E-state index contributed by atoms with van der Waals surface area (Å²) < 4.78 is 38.5. The summed E-state index contributed by atoms with van der Waals surface area (Å²) in [4.78, 5) is 11.8. The molecule has 0 saturated carbocycles. The number of methoxy groups -OCH3 is 2. The first-order chi connectivity index (χ1) is 14.3. The van der Waals surface area contributed by atoms with E-state index in [2.05, 4.69) is 10.0 Å². The third-order valence-electron chi connectivity index (χ3n) is 4.16. The molecule has 0 aliphatic rings. The summed E-state index contributed by atoms with van der Waals surface area (Å²) >= 11 is 5.86. The molecule has 3 aromatic rings. The van der Waals surface area contributed by atoms with Gasteiger partial charge in [0.15, 0.2) is 0 Å². The largest absolute Gasteiger partial charge is 0.497 e. The molecular weight excluding hydrogens is 428 g/mol. The lowest BCUT2D eigenvalue weighted by atomic mass is 10.2. The molecule has 0 heterocycles. The molecule has 0 aromatic heterocycles. The van der Waals surface area contributed by atoms with Crippen LogP contribution in [-0.2, 0) is 14.8 Å². The van der Waals surface area contributed by atoms with E-state index in [0.29, 0.717) is 22.1 Å². The Balaban J connectivity index is 2.01. The Morgan fingerprint density at radius 3 is 2.13 bits per heavy atom. The van der Waals surface area contributed by atoms with Crippen LogP contribution in [0.2, 0.25) is 5.02 Å². The highest BCUT2D eigenvalue weighted by molar-refractivity contribution is 7.92. The third kappa shape index (κ3) is 5.03. The predicted molar refractivity (Wildman–Crippen MR) is 116 cm³/mol. The molecule has 0 atom stereocenters. The van der Waals surface area contributed by atoms with Crippen LogP contribution in [-0.4, -0.2) is 28.6 Å². The number of rotatable bonds is 7. The van der Waals surface area contributed by atoms with Gasteiger partial charge in [0.1, 0.15) is 10.6 Å². The molecule has 0 radical (unpaired) electrons. The second-order valence-corrected chi connectivity index (χ2v) is 8.26. The van der Waals surface area contributed by atoms with Gasteiger partial charge in [-0.1, -0.05) is 11.6 Å². The van der Waals surface area contributed by atoms with Gasteiger partial charge in [0.05, 0.1) is 25.5 Å². The van der Waals surface area contributed by atoms with Crippen LogP contribution in [0.5, 0.6) is 5.75 Å². The lowest BCUT2D eigenvalue weighted by molar-refractivity contribution is 0.0600. The molecule has 3 rings (SSSR count). The quantitative estimate of drug-likeness (QED) is 0.512. The fourth-order valence-corrected chi connectivity index (χ4v) is 4.02. The van der Waals surface area contributed by atoms with Gasteiger partial charge in [-0.3, -0.25) is 4.72 Å². The standard InChI is InChI=1S/C21H19ClN2O5S/c1-28-18-10-8-16(9-11-18)23-19-12-3-14(21(25)29-2)13-20(19)30(26,27)24-17-6-4-15(22)5-7-17/h3-13,23-24H,1-2H3. The minimum Gasteiger partial charge on any atom is -0.497 e. The number of anilines is 3. The number of nitrogens with one attached hydrogen (secondary N) is 2. The molecular formula is C21H19ClN2O5S. The van der Waals surface area contributed by atoms with Crippen molar-refractivity contribution in [3.8, 4) is 5.75 Å². The topological polar surface area (TPSA) is 93.7 Å². The second-order valence-electron chi connectivity index (χ2n) is 6.17. The fraction of sp³-hybridized carbons (Fsp3) is 0.0952. The minimum absolute atomic E-state index is 0.106. The van der Waals surface area contributed by atoms with Crippen molar-refractivity contribution in [2.45, 2.75) is 4.90 Å². The predicted octanol–water partition coefficient (Wildman–Crippen LogP) is 4.68. The van der Waals surface area contributed by atoms with Gasteiger partial charge in [0, 0.05) is 16.4 Å². The Hall–Kier alpha value is -3.23. The maximum absolute atomic E-state index is 13.1. The van der Waals surface area contributed by atoms with Crippen LogP contribution >= 0.6 is 11.6 Å². The van der Waals surface area contributed by atoms with Gasteiger partial charge in [-0.25, -0.2) is 13.2 Å². The highest BCUT2D eigenvalue weighted by Crippen LogP contribution is 2.29. The Morgan fingerprint density at radius 1 is 0.900 bits per heavy atom. The molecule has 2 N–H and O–H groups in total. The molecule has 9 heteroatoms. The van der Waals surface area contributed by atoms with E-state index in [1.807, 2.05) is 0 Å². The van der Waals surface area contributed by atoms with E-state index in [4.69, 9.17) is 21.1 Å². The number of hydrogen-bond acceptors (Lipinski definition) is 6. The van der Waals surface area contributed by atoms with Gasteiger partial charge in [0.2, 0.25) is 0 Å². The zero-order valence-corrected chi connectivity index (χ0v) is 17.8. The Labute approximate surface area is 179 Å². The van der Waals surface area contributed by atoms with Gasteiger partial charge < -0.3 is 14.8 Å². The first-order valence-corrected chi connectivity index (χ1v) is 10.6. The van der Waals surface area contributed by atoms with Gasteiger partial charge in [-0.2, -0.15) is 0 Å². The van der Waals surface area contributed by atoms with Crippen LogP contribution < -0.4 is 14.8 Å². The summed E-state index contributed by atoms with van der Waals surface area (Å²) in [6, 6.07) is 17.5. The first kappa shape index (κ1) is 21.5. The van der Waals surface area contributed by atoms with Crippen molar-refractivity contribution in [1.29, 1.82) is 0 Å². The van der Waals surface area contributed by atoms with E-state index >= 15 is 0 Å². The van der Waals surface area contributed by atoms with E-state index in [1.54, 1.807) is 55.6 Å². The van der Waals surface area contributed by atoms with Crippen molar-refractivity contribution in [2.75, 3.05) is 24.3 Å². The summed E-state index contributed by atoms with van der Waals surface area (Å²) in [6.07, 6.45) is 0. The minimum atomic E-state index is -4.04. The molecule has 0 bridgehead atoms. The monoisotopic (exact) mass is 446 g/mol. The highest BCUT2D eigenvalue weighted by Gasteiger charge is 2.22. The zero-order valence-electron chi connectivity index (χ0n) is 16.2. The maximum Gasteiger partial charge on any atom is 0.337 e. The van der Waals surface area contributed by atoms with Crippen LogP contribution in [0.1, 0.15) is 10.4 Å². The molecule has 0 saturated heterocycles. The number of carbonyl (C=O) groups excluding carboxylic acids is 1. The smallest absolute Gasteiger partial charge is 0.337 e. The number of ether oxygens (including phenoxy) is 2. The van der Waals surface area contributed by atoms with E-state index < -0.39 is 16.0 Å². The number of carbonyl (C=O) groups is 1. The van der Waals surface area contributed by atoms with Gasteiger partial charge in [-0.15, -0.1) is 0 Å². The maximum atomic E-state index is 13.1. The van der Waals surface area contributed by atoms with Crippen molar-refractivity contribution < 1.29 is 22.7 Å². The lowest BCUT2D eigenvalue weighted by Gasteiger charge is -2.15. The summed E-state index contributed by atoms with van der Waals surface area (Å²) in [5.74, 6) is 0.0211. The van der Waals surface area contributed by atoms with E-state index in [1.165, 1.54) is 25.3 Å². The summed E-state index contributed by atoms with van der Waals surface area (Å²) in [7, 11) is -1.26. The van der Waals surface area contributed by atoms with E-state index in [9.17, 15) is 13.2 Å². The molecule has 30 heavy (non-hydrogen) atoms. The van der Waals surface area contributed by atoms with E-state index in [-0.39, 0.29) is 16.1 Å². The van der Waals surface area contributed by atoms with Crippen molar-refractivity contribution in [3.05, 3.63) is 77.3 Å². The van der Waals surface area contributed by atoms with Crippen LogP contribution in [0.25, 0.3) is 0 Å². The van der Waals surface area contributed by atoms with Crippen molar-refractivity contribution in [1.82, 2.24) is 0 Å². The van der Waals surface area contributed by atoms with Gasteiger partial charge in [0.25, 0.3) is 10.0 Å². The molecule has 0 fully saturated rings. The number of hydrogen-bond donors (Lipinski definition) is 2. The second kappa shape index (κ2) is 9.06. The molecule has 0 aliphatic carbocycles. The van der Waals surface area contributed by atoms with Gasteiger partial charge in [-0.05, 0) is 66.7 Å². The SMILES string of the molecule is COC(=O)c1ccc(Nc2ccc(OC)cc2)c(S(=O)(=O)Nc2ccc(Cl)cc2)c1. The number of sulfonamides is 1. The van der Waals surface area contributed by atoms with E-state index in [0.717, 1.165) is 0 Å². The Bertz CT molecular complexity index is 1150. The molecule has 0 unspecified atom stereocenters. The normalized spacial score (nSPS) is 10.9. The van der Waals surface area contributed by atoms with Crippen LogP contribution in [0.15, 0.2) is 71.6 Å². The summed E-state index contributed by atoms with van der Waals surface area (Å²) in [5.41, 5.74) is 1.37.